The van der Waals surface area contributed by atoms with Gasteiger partial charge in [-0.25, -0.2) is 4.98 Å². The van der Waals surface area contributed by atoms with E-state index in [1.807, 2.05) is 7.05 Å². The molecule has 1 N–H and O–H groups in total. The third-order valence-electron chi connectivity index (χ3n) is 2.86. The molecule has 0 bridgehead atoms. The lowest BCUT2D eigenvalue weighted by atomic mass is 10.1. The van der Waals surface area contributed by atoms with Gasteiger partial charge in [0.05, 0.1) is 18.3 Å². The van der Waals surface area contributed by atoms with Crippen molar-refractivity contribution < 1.29 is 0 Å². The van der Waals surface area contributed by atoms with Gasteiger partial charge in [-0.05, 0) is 64.4 Å². The van der Waals surface area contributed by atoms with Gasteiger partial charge in [-0.1, -0.05) is 0 Å². The van der Waals surface area contributed by atoms with Crippen molar-refractivity contribution in [2.24, 2.45) is 0 Å². The number of halogens is 2. The fourth-order valence-electron chi connectivity index (χ4n) is 1.76. The summed E-state index contributed by atoms with van der Waals surface area (Å²) in [7, 11) is 2.00. The second-order valence-electron chi connectivity index (χ2n) is 4.07. The molecule has 0 amide bonds. The van der Waals surface area contributed by atoms with Gasteiger partial charge in [0.15, 0.2) is 0 Å². The molecule has 2 rings (SSSR count). The summed E-state index contributed by atoms with van der Waals surface area (Å²) < 4.78 is 2.33. The van der Waals surface area contributed by atoms with Crippen LogP contribution in [0.15, 0.2) is 13.6 Å². The normalized spacial score (nSPS) is 12.9. The smallest absolute Gasteiger partial charge is 0.0949 e. The van der Waals surface area contributed by atoms with Crippen molar-refractivity contribution in [2.75, 3.05) is 7.05 Å². The Labute approximate surface area is 132 Å². The molecular formula is C12H14Br2N2S2. The highest BCUT2D eigenvalue weighted by Gasteiger charge is 2.18. The second kappa shape index (κ2) is 6.13. The van der Waals surface area contributed by atoms with Gasteiger partial charge in [0.2, 0.25) is 0 Å². The van der Waals surface area contributed by atoms with Gasteiger partial charge in [0, 0.05) is 17.3 Å². The molecule has 18 heavy (non-hydrogen) atoms. The number of hydrogen-bond acceptors (Lipinski definition) is 4. The molecule has 6 heteroatoms. The van der Waals surface area contributed by atoms with Gasteiger partial charge in [-0.3, -0.25) is 0 Å². The number of likely N-dealkylation sites (N-methyl/N-ethyl adjacent to an activating group) is 1. The van der Waals surface area contributed by atoms with E-state index in [2.05, 4.69) is 62.1 Å². The van der Waals surface area contributed by atoms with Gasteiger partial charge < -0.3 is 5.32 Å². The van der Waals surface area contributed by atoms with E-state index in [1.165, 1.54) is 19.2 Å². The Morgan fingerprint density at radius 3 is 2.50 bits per heavy atom. The van der Waals surface area contributed by atoms with Crippen molar-refractivity contribution in [1.82, 2.24) is 10.3 Å². The van der Waals surface area contributed by atoms with Gasteiger partial charge in [0.25, 0.3) is 0 Å². The predicted octanol–water partition coefficient (Wildman–Crippen LogP) is 4.85. The lowest BCUT2D eigenvalue weighted by Crippen LogP contribution is -2.18. The molecular weight excluding hydrogens is 396 g/mol. The van der Waals surface area contributed by atoms with Crippen LogP contribution >= 0.6 is 54.5 Å². The third-order valence-corrected chi connectivity index (χ3v) is 6.34. The summed E-state index contributed by atoms with van der Waals surface area (Å²) >= 11 is 10.7. The first-order valence-electron chi connectivity index (χ1n) is 5.56. The van der Waals surface area contributed by atoms with Crippen LogP contribution in [0.4, 0.5) is 0 Å². The molecule has 0 fully saturated rings. The van der Waals surface area contributed by atoms with Crippen molar-refractivity contribution in [3.8, 4) is 0 Å². The van der Waals surface area contributed by atoms with Gasteiger partial charge in [0.1, 0.15) is 0 Å². The third kappa shape index (κ3) is 3.22. The molecule has 1 unspecified atom stereocenters. The van der Waals surface area contributed by atoms with Crippen LogP contribution in [0.5, 0.6) is 0 Å². The molecule has 2 heterocycles. The first-order chi connectivity index (χ1) is 8.51. The molecule has 2 nitrogen and oxygen atoms in total. The molecule has 0 aliphatic carbocycles. The Bertz CT molecular complexity index is 529. The zero-order valence-electron chi connectivity index (χ0n) is 10.4. The summed E-state index contributed by atoms with van der Waals surface area (Å²) in [6, 6.07) is 2.47. The van der Waals surface area contributed by atoms with E-state index in [-0.39, 0.29) is 0 Å². The van der Waals surface area contributed by atoms with Crippen LogP contribution in [0.1, 0.15) is 27.2 Å². The number of aryl methyl sites for hydroxylation is 2. The van der Waals surface area contributed by atoms with Crippen molar-refractivity contribution in [1.29, 1.82) is 0 Å². The van der Waals surface area contributed by atoms with Crippen LogP contribution < -0.4 is 5.32 Å². The molecule has 0 saturated carbocycles. The minimum atomic E-state index is 0.298. The molecule has 98 valence electrons. The Kier molecular flexibility index (Phi) is 4.99. The Balaban J connectivity index is 2.22. The maximum Gasteiger partial charge on any atom is 0.0949 e. The summed E-state index contributed by atoms with van der Waals surface area (Å²) in [5.74, 6) is 0. The summed E-state index contributed by atoms with van der Waals surface area (Å²) in [4.78, 5) is 5.93. The van der Waals surface area contributed by atoms with E-state index in [0.29, 0.717) is 6.04 Å². The molecule has 2 aromatic rings. The van der Waals surface area contributed by atoms with E-state index < -0.39 is 0 Å². The van der Waals surface area contributed by atoms with Crippen LogP contribution in [-0.4, -0.2) is 12.0 Å². The predicted molar refractivity (Wildman–Crippen MR) is 86.8 cm³/mol. The number of thiazole rings is 1. The highest BCUT2D eigenvalue weighted by atomic mass is 79.9. The highest BCUT2D eigenvalue weighted by Crippen LogP contribution is 2.36. The van der Waals surface area contributed by atoms with Crippen molar-refractivity contribution >= 4 is 54.5 Å². The highest BCUT2D eigenvalue weighted by molar-refractivity contribution is 9.12. The minimum Gasteiger partial charge on any atom is -0.313 e. The van der Waals surface area contributed by atoms with Crippen LogP contribution in [0, 0.1) is 13.8 Å². The molecule has 0 spiro atoms. The lowest BCUT2D eigenvalue weighted by Gasteiger charge is -2.14. The fraction of sp³-hybridized carbons (Fsp3) is 0.417. The van der Waals surface area contributed by atoms with E-state index in [0.717, 1.165) is 15.9 Å². The average molecular weight is 410 g/mol. The van der Waals surface area contributed by atoms with Crippen LogP contribution in [0.25, 0.3) is 0 Å². The number of thiophene rings is 1. The minimum absolute atomic E-state index is 0.298. The molecule has 0 radical (unpaired) electrons. The zero-order chi connectivity index (χ0) is 13.3. The summed E-state index contributed by atoms with van der Waals surface area (Å²) in [6.07, 6.45) is 0.928. The quantitative estimate of drug-likeness (QED) is 0.780. The van der Waals surface area contributed by atoms with Crippen LogP contribution in [-0.2, 0) is 6.42 Å². The Morgan fingerprint density at radius 1 is 1.33 bits per heavy atom. The largest absolute Gasteiger partial charge is 0.313 e. The van der Waals surface area contributed by atoms with Crippen LogP contribution in [0.2, 0.25) is 0 Å². The van der Waals surface area contributed by atoms with E-state index in [1.54, 1.807) is 22.7 Å². The van der Waals surface area contributed by atoms with E-state index >= 15 is 0 Å². The number of aromatic nitrogens is 1. The van der Waals surface area contributed by atoms with Crippen LogP contribution in [0.3, 0.4) is 0 Å². The standard InChI is InChI=1S/C12H14Br2N2S2/c1-6-7(2)17-11(16-6)5-9(15-3)8-4-10(13)18-12(8)14/h4,9,15H,5H2,1-3H3. The second-order valence-corrected chi connectivity index (χ2v) is 9.11. The molecule has 0 aliphatic heterocycles. The number of hydrogen-bond donors (Lipinski definition) is 1. The maximum atomic E-state index is 4.61. The fourth-order valence-corrected chi connectivity index (χ4v) is 5.71. The van der Waals surface area contributed by atoms with Crippen molar-refractivity contribution in [3.05, 3.63) is 34.8 Å². The molecule has 0 aromatic carbocycles. The summed E-state index contributed by atoms with van der Waals surface area (Å²) in [5, 5.41) is 4.57. The van der Waals surface area contributed by atoms with E-state index in [4.69, 9.17) is 0 Å². The Hall–Kier alpha value is 0.250. The number of nitrogens with zero attached hydrogens (tertiary/aromatic N) is 1. The van der Waals surface area contributed by atoms with Gasteiger partial charge in [-0.2, -0.15) is 0 Å². The topological polar surface area (TPSA) is 24.9 Å². The lowest BCUT2D eigenvalue weighted by molar-refractivity contribution is 0.590. The first-order valence-corrected chi connectivity index (χ1v) is 8.78. The molecule has 2 aromatic heterocycles. The SMILES string of the molecule is CNC(Cc1nc(C)c(C)s1)c1cc(Br)sc1Br. The number of nitrogens with one attached hydrogen (secondary N) is 1. The first kappa shape index (κ1) is 14.7. The summed E-state index contributed by atoms with van der Waals surface area (Å²) in [5.41, 5.74) is 2.44. The number of rotatable bonds is 4. The Morgan fingerprint density at radius 2 is 2.06 bits per heavy atom. The average Bonchev–Trinajstić information content (AvgIpc) is 2.79. The van der Waals surface area contributed by atoms with Crippen molar-refractivity contribution in [2.45, 2.75) is 26.3 Å². The molecule has 1 atom stereocenters. The zero-order valence-corrected chi connectivity index (χ0v) is 15.2. The summed E-state index contributed by atoms with van der Waals surface area (Å²) in [6.45, 7) is 4.20. The van der Waals surface area contributed by atoms with Gasteiger partial charge in [-0.15, -0.1) is 22.7 Å². The van der Waals surface area contributed by atoms with E-state index in [9.17, 15) is 0 Å². The monoisotopic (exact) mass is 408 g/mol. The maximum absolute atomic E-state index is 4.61. The van der Waals surface area contributed by atoms with Crippen molar-refractivity contribution in [3.63, 3.8) is 0 Å². The molecule has 0 aliphatic rings. The van der Waals surface area contributed by atoms with Gasteiger partial charge >= 0.3 is 0 Å². The molecule has 0 saturated heterocycles.